The van der Waals surface area contributed by atoms with E-state index in [1.165, 1.54) is 0 Å². The van der Waals surface area contributed by atoms with Crippen LogP contribution < -0.4 is 5.32 Å². The van der Waals surface area contributed by atoms with Crippen LogP contribution in [0.2, 0.25) is 0 Å². The van der Waals surface area contributed by atoms with Crippen molar-refractivity contribution in [2.75, 3.05) is 26.0 Å². The highest BCUT2D eigenvalue weighted by molar-refractivity contribution is 5.95. The molecule has 0 saturated carbocycles. The molecule has 1 aromatic carbocycles. The molecule has 1 aromatic rings. The first-order valence-electron chi connectivity index (χ1n) is 7.51. The molecule has 1 fully saturated rings. The monoisotopic (exact) mass is 290 g/mol. The number of ether oxygens (including phenoxy) is 1. The number of benzene rings is 1. The van der Waals surface area contributed by atoms with E-state index in [0.717, 1.165) is 36.3 Å². The van der Waals surface area contributed by atoms with Crippen molar-refractivity contribution in [2.45, 2.75) is 45.3 Å². The van der Waals surface area contributed by atoms with Crippen LogP contribution in [0.25, 0.3) is 0 Å². The zero-order valence-corrected chi connectivity index (χ0v) is 13.7. The van der Waals surface area contributed by atoms with Crippen molar-refractivity contribution >= 4 is 11.6 Å². The smallest absolute Gasteiger partial charge is 0.253 e. The van der Waals surface area contributed by atoms with Gasteiger partial charge in [0, 0.05) is 38.0 Å². The van der Waals surface area contributed by atoms with E-state index >= 15 is 0 Å². The van der Waals surface area contributed by atoms with E-state index in [9.17, 15) is 4.79 Å². The number of carbonyl (C=O) groups excluding carboxylic acids is 1. The standard InChI is InChI=1S/C17H26N2O2/c1-12-6-7-13(16(20)19(4)5)10-15(12)18-14-8-9-21-17(2,3)11-14/h6-7,10,14,18H,8-9,11H2,1-5H3. The van der Waals surface area contributed by atoms with Crippen LogP contribution in [0.3, 0.4) is 0 Å². The molecule has 4 heteroatoms. The van der Waals surface area contributed by atoms with Crippen molar-refractivity contribution in [2.24, 2.45) is 0 Å². The van der Waals surface area contributed by atoms with Crippen LogP contribution in [0.1, 0.15) is 42.6 Å². The average molecular weight is 290 g/mol. The molecule has 0 spiro atoms. The van der Waals surface area contributed by atoms with Crippen LogP contribution in [0.4, 0.5) is 5.69 Å². The second-order valence-corrected chi connectivity index (χ2v) is 6.67. The minimum absolute atomic E-state index is 0.0327. The predicted molar refractivity (Wildman–Crippen MR) is 85.9 cm³/mol. The topological polar surface area (TPSA) is 41.6 Å². The Morgan fingerprint density at radius 1 is 1.38 bits per heavy atom. The molecule has 1 amide bonds. The molecule has 2 rings (SSSR count). The third-order valence-corrected chi connectivity index (χ3v) is 3.95. The predicted octanol–water partition coefficient (Wildman–Crippen LogP) is 3.07. The number of hydrogen-bond donors (Lipinski definition) is 1. The lowest BCUT2D eigenvalue weighted by molar-refractivity contribution is -0.0553. The number of hydrogen-bond acceptors (Lipinski definition) is 3. The Balaban J connectivity index is 2.16. The first-order chi connectivity index (χ1) is 9.78. The summed E-state index contributed by atoms with van der Waals surface area (Å²) < 4.78 is 5.76. The molecule has 1 heterocycles. The number of carbonyl (C=O) groups is 1. The highest BCUT2D eigenvalue weighted by Crippen LogP contribution is 2.28. The molecule has 0 aliphatic carbocycles. The van der Waals surface area contributed by atoms with Crippen LogP contribution in [-0.4, -0.2) is 43.2 Å². The van der Waals surface area contributed by atoms with Crippen molar-refractivity contribution < 1.29 is 9.53 Å². The van der Waals surface area contributed by atoms with Crippen molar-refractivity contribution in [3.63, 3.8) is 0 Å². The molecule has 1 aliphatic rings. The van der Waals surface area contributed by atoms with E-state index in [1.807, 2.05) is 18.2 Å². The second-order valence-electron chi connectivity index (χ2n) is 6.67. The Kier molecular flexibility index (Phi) is 4.57. The Morgan fingerprint density at radius 3 is 2.71 bits per heavy atom. The van der Waals surface area contributed by atoms with E-state index in [4.69, 9.17) is 4.74 Å². The third-order valence-electron chi connectivity index (χ3n) is 3.95. The average Bonchev–Trinajstić information content (AvgIpc) is 2.39. The van der Waals surface area contributed by atoms with Gasteiger partial charge in [-0.2, -0.15) is 0 Å². The summed E-state index contributed by atoms with van der Waals surface area (Å²) in [7, 11) is 3.55. The maximum atomic E-state index is 12.1. The molecule has 0 aromatic heterocycles. The molecular formula is C17H26N2O2. The summed E-state index contributed by atoms with van der Waals surface area (Å²) >= 11 is 0. The SMILES string of the molecule is Cc1ccc(C(=O)N(C)C)cc1NC1CCOC(C)(C)C1. The van der Waals surface area contributed by atoms with E-state index in [0.29, 0.717) is 6.04 Å². The molecule has 1 unspecified atom stereocenters. The highest BCUT2D eigenvalue weighted by atomic mass is 16.5. The fourth-order valence-corrected chi connectivity index (χ4v) is 2.74. The van der Waals surface area contributed by atoms with Gasteiger partial charge in [0.25, 0.3) is 5.91 Å². The molecule has 1 atom stereocenters. The number of amides is 1. The molecule has 21 heavy (non-hydrogen) atoms. The van der Waals surface area contributed by atoms with Gasteiger partial charge in [-0.25, -0.2) is 0 Å². The first kappa shape index (κ1) is 15.8. The summed E-state index contributed by atoms with van der Waals surface area (Å²) in [5.74, 6) is 0.0327. The summed E-state index contributed by atoms with van der Waals surface area (Å²) in [5.41, 5.74) is 2.85. The largest absolute Gasteiger partial charge is 0.382 e. The number of nitrogens with zero attached hydrogens (tertiary/aromatic N) is 1. The van der Waals surface area contributed by atoms with Gasteiger partial charge in [-0.1, -0.05) is 6.07 Å². The molecule has 0 radical (unpaired) electrons. The van der Waals surface area contributed by atoms with Gasteiger partial charge in [0.05, 0.1) is 5.60 Å². The van der Waals surface area contributed by atoms with Crippen molar-refractivity contribution in [1.82, 2.24) is 4.90 Å². The van der Waals surface area contributed by atoms with E-state index in [1.54, 1.807) is 19.0 Å². The minimum Gasteiger partial charge on any atom is -0.382 e. The Hall–Kier alpha value is -1.55. The zero-order valence-electron chi connectivity index (χ0n) is 13.7. The molecule has 116 valence electrons. The lowest BCUT2D eigenvalue weighted by atomic mass is 9.93. The van der Waals surface area contributed by atoms with Crippen LogP contribution in [0, 0.1) is 6.92 Å². The fraction of sp³-hybridized carbons (Fsp3) is 0.588. The maximum Gasteiger partial charge on any atom is 0.253 e. The summed E-state index contributed by atoms with van der Waals surface area (Å²) in [6.45, 7) is 7.09. The summed E-state index contributed by atoms with van der Waals surface area (Å²) in [4.78, 5) is 13.7. The molecule has 4 nitrogen and oxygen atoms in total. The van der Waals surface area contributed by atoms with Crippen molar-refractivity contribution in [3.8, 4) is 0 Å². The minimum atomic E-state index is -0.0825. The molecule has 1 aliphatic heterocycles. The number of nitrogens with one attached hydrogen (secondary N) is 1. The van der Waals surface area contributed by atoms with Crippen LogP contribution >= 0.6 is 0 Å². The Bertz CT molecular complexity index is 524. The number of rotatable bonds is 3. The van der Waals surface area contributed by atoms with Gasteiger partial charge < -0.3 is 15.0 Å². The summed E-state index contributed by atoms with van der Waals surface area (Å²) in [5, 5.41) is 3.59. The van der Waals surface area contributed by atoms with Crippen LogP contribution in [-0.2, 0) is 4.74 Å². The van der Waals surface area contributed by atoms with Gasteiger partial charge in [0.2, 0.25) is 0 Å². The molecular weight excluding hydrogens is 264 g/mol. The van der Waals surface area contributed by atoms with Gasteiger partial charge >= 0.3 is 0 Å². The third kappa shape index (κ3) is 3.97. The van der Waals surface area contributed by atoms with Gasteiger partial charge in [-0.05, 0) is 51.3 Å². The van der Waals surface area contributed by atoms with Gasteiger partial charge in [-0.3, -0.25) is 4.79 Å². The number of aryl methyl sites for hydroxylation is 1. The van der Waals surface area contributed by atoms with Gasteiger partial charge in [0.15, 0.2) is 0 Å². The quantitative estimate of drug-likeness (QED) is 0.930. The van der Waals surface area contributed by atoms with E-state index in [2.05, 4.69) is 26.1 Å². The van der Waals surface area contributed by atoms with Gasteiger partial charge in [-0.15, -0.1) is 0 Å². The second kappa shape index (κ2) is 6.06. The lowest BCUT2D eigenvalue weighted by Gasteiger charge is -2.36. The maximum absolute atomic E-state index is 12.1. The van der Waals surface area contributed by atoms with Crippen LogP contribution in [0.5, 0.6) is 0 Å². The highest BCUT2D eigenvalue weighted by Gasteiger charge is 2.29. The summed E-state index contributed by atoms with van der Waals surface area (Å²) in [6, 6.07) is 6.23. The molecule has 0 bridgehead atoms. The van der Waals surface area contributed by atoms with E-state index < -0.39 is 0 Å². The Labute approximate surface area is 127 Å². The van der Waals surface area contributed by atoms with Crippen molar-refractivity contribution in [1.29, 1.82) is 0 Å². The van der Waals surface area contributed by atoms with Crippen molar-refractivity contribution in [3.05, 3.63) is 29.3 Å². The fourth-order valence-electron chi connectivity index (χ4n) is 2.74. The first-order valence-corrected chi connectivity index (χ1v) is 7.51. The van der Waals surface area contributed by atoms with E-state index in [-0.39, 0.29) is 11.5 Å². The normalized spacial score (nSPS) is 20.9. The molecule has 1 saturated heterocycles. The Morgan fingerprint density at radius 2 is 2.10 bits per heavy atom. The number of anilines is 1. The lowest BCUT2D eigenvalue weighted by Crippen LogP contribution is -2.40. The van der Waals surface area contributed by atoms with Crippen LogP contribution in [0.15, 0.2) is 18.2 Å². The van der Waals surface area contributed by atoms with Gasteiger partial charge in [0.1, 0.15) is 0 Å². The molecule has 1 N–H and O–H groups in total. The zero-order chi connectivity index (χ0) is 15.6. The summed E-state index contributed by atoms with van der Waals surface area (Å²) in [6.07, 6.45) is 1.97.